The number of nitrogens with two attached hydrogens (primary N) is 1. The zero-order valence-electron chi connectivity index (χ0n) is 35.8. The second-order valence-electron chi connectivity index (χ2n) is 17.2. The number of nitrogen functional groups attached to an aromatic ring is 1. The number of pyridine rings is 2. The lowest BCUT2D eigenvalue weighted by Gasteiger charge is -2.25. The first-order valence-electron chi connectivity index (χ1n) is 22.5. The maximum atomic E-state index is 11.3. The molecule has 3 aliphatic carbocycles. The highest BCUT2D eigenvalue weighted by molar-refractivity contribution is 5.93. The minimum Gasteiger partial charge on any atom is -0.478 e. The maximum absolute atomic E-state index is 11.3. The molecule has 3 aliphatic rings. The highest BCUT2D eigenvalue weighted by Gasteiger charge is 2.25. The van der Waals surface area contributed by atoms with Crippen LogP contribution in [0.1, 0.15) is 130 Å². The lowest BCUT2D eigenvalue weighted by molar-refractivity contribution is 0.0697. The summed E-state index contributed by atoms with van der Waals surface area (Å²) in [6.45, 7) is 4.19. The number of fused-ring (bicyclic) bond motifs is 2. The molecule has 10 rings (SSSR count). The average Bonchev–Trinajstić information content (AvgIpc) is 3.88. The van der Waals surface area contributed by atoms with Crippen LogP contribution in [0.5, 0.6) is 0 Å². The van der Waals surface area contributed by atoms with Gasteiger partial charge >= 0.3 is 5.97 Å². The van der Waals surface area contributed by atoms with Crippen LogP contribution in [0.2, 0.25) is 0 Å². The maximum Gasteiger partial charge on any atom is 0.335 e. The number of nitrogens with zero attached hydrogens (tertiary/aromatic N) is 6. The Morgan fingerprint density at radius 2 is 1.10 bits per heavy atom. The van der Waals surface area contributed by atoms with E-state index in [-0.39, 0.29) is 5.56 Å². The van der Waals surface area contributed by atoms with Gasteiger partial charge < -0.3 is 25.3 Å². The summed E-state index contributed by atoms with van der Waals surface area (Å²) in [5.41, 5.74) is 16.6. The van der Waals surface area contributed by atoms with Gasteiger partial charge in [-0.3, -0.25) is 9.97 Å². The predicted octanol–water partition coefficient (Wildman–Crippen LogP) is 12.5. The summed E-state index contributed by atoms with van der Waals surface area (Å²) in [5, 5.41) is 12.8. The van der Waals surface area contributed by atoms with E-state index in [1.807, 2.05) is 48.7 Å². The Balaban J connectivity index is 0.000000130. The third-order valence-corrected chi connectivity index (χ3v) is 12.6. The molecule has 0 radical (unpaired) electrons. The molecule has 3 aromatic carbocycles. The molecule has 7 aromatic rings. The van der Waals surface area contributed by atoms with Crippen molar-refractivity contribution >= 4 is 39.4 Å². The molecule has 10 heteroatoms. The number of anilines is 2. The summed E-state index contributed by atoms with van der Waals surface area (Å²) in [5.74, 6) is 0.927. The summed E-state index contributed by atoms with van der Waals surface area (Å²) >= 11 is 0. The van der Waals surface area contributed by atoms with E-state index in [1.54, 1.807) is 18.3 Å². The molecule has 0 unspecified atom stereocenters. The fourth-order valence-corrected chi connectivity index (χ4v) is 9.49. The van der Waals surface area contributed by atoms with Crippen molar-refractivity contribution in [1.29, 1.82) is 0 Å². The largest absolute Gasteiger partial charge is 0.478 e. The first kappa shape index (κ1) is 41.7. The van der Waals surface area contributed by atoms with Gasteiger partial charge in [0.1, 0.15) is 11.4 Å². The highest BCUT2D eigenvalue weighted by atomic mass is 16.4. The molecule has 0 spiro atoms. The van der Waals surface area contributed by atoms with Crippen LogP contribution in [0, 0.1) is 13.8 Å². The topological polar surface area (TPSA) is 137 Å². The number of carboxylic acid groups (broad SMARTS) is 1. The number of aryl methyl sites for hydroxylation is 2. The first-order chi connectivity index (χ1) is 29.8. The van der Waals surface area contributed by atoms with E-state index in [0.717, 1.165) is 63.8 Å². The molecule has 3 saturated carbocycles. The molecular weight excluding hydrogens is 757 g/mol. The molecule has 4 N–H and O–H groups in total. The van der Waals surface area contributed by atoms with E-state index in [9.17, 15) is 9.90 Å². The summed E-state index contributed by atoms with van der Waals surface area (Å²) < 4.78 is 4.71. The van der Waals surface area contributed by atoms with Crippen molar-refractivity contribution in [2.45, 2.75) is 128 Å². The van der Waals surface area contributed by atoms with Crippen LogP contribution in [0.25, 0.3) is 45.1 Å². The summed E-state index contributed by atoms with van der Waals surface area (Å²) in [7, 11) is 0. The number of nitrogens with one attached hydrogen (secondary N) is 1. The van der Waals surface area contributed by atoms with E-state index >= 15 is 0 Å². The van der Waals surface area contributed by atoms with Gasteiger partial charge in [0.15, 0.2) is 11.6 Å². The van der Waals surface area contributed by atoms with Gasteiger partial charge in [-0.1, -0.05) is 82.1 Å². The fraction of sp³-hybridized carbons (Fsp3) is 0.392. The monoisotopic (exact) mass is 816 g/mol. The lowest BCUT2D eigenvalue weighted by Crippen LogP contribution is -2.22. The van der Waals surface area contributed by atoms with Crippen molar-refractivity contribution in [3.05, 3.63) is 120 Å². The van der Waals surface area contributed by atoms with Gasteiger partial charge in [0.05, 0.1) is 39.0 Å². The third-order valence-electron chi connectivity index (χ3n) is 12.6. The van der Waals surface area contributed by atoms with Crippen LogP contribution in [-0.2, 0) is 0 Å². The van der Waals surface area contributed by atoms with E-state index in [1.165, 1.54) is 100 Å². The van der Waals surface area contributed by atoms with Crippen molar-refractivity contribution in [2.75, 3.05) is 11.1 Å². The van der Waals surface area contributed by atoms with Gasteiger partial charge in [-0.25, -0.2) is 14.8 Å². The quantitative estimate of drug-likeness (QED) is 0.135. The number of carbonyl (C=O) groups is 1. The SMILES string of the molecule is Cc1ccc(NC2CCCCC2)c(N)c1.Cc1ccc2c(c1)nc(-c1ccccn1)n2C1CCCCC1.O=C(O)c1ccc2c(c1)nc(-c1ccccn1)n2C1CCCCC1. The third kappa shape index (κ3) is 9.96. The second kappa shape index (κ2) is 19.6. The Bertz CT molecular complexity index is 2530. The summed E-state index contributed by atoms with van der Waals surface area (Å²) in [6, 6.07) is 31.5. The molecule has 4 aromatic heterocycles. The molecule has 0 aliphatic heterocycles. The molecule has 0 amide bonds. The van der Waals surface area contributed by atoms with Crippen molar-refractivity contribution in [3.8, 4) is 23.0 Å². The Labute approximate surface area is 359 Å². The van der Waals surface area contributed by atoms with Gasteiger partial charge in [-0.2, -0.15) is 0 Å². The number of benzene rings is 3. The molecule has 0 atom stereocenters. The molecule has 0 bridgehead atoms. The van der Waals surface area contributed by atoms with Crippen molar-refractivity contribution in [2.24, 2.45) is 0 Å². The minimum absolute atomic E-state index is 0.267. The number of hydrogen-bond acceptors (Lipinski definition) is 7. The van der Waals surface area contributed by atoms with Crippen LogP contribution in [0.4, 0.5) is 11.4 Å². The van der Waals surface area contributed by atoms with Crippen LogP contribution < -0.4 is 11.1 Å². The summed E-state index contributed by atoms with van der Waals surface area (Å²) in [4.78, 5) is 29.9. The van der Waals surface area contributed by atoms with E-state index in [0.29, 0.717) is 18.1 Å². The molecule has 61 heavy (non-hydrogen) atoms. The molecule has 316 valence electrons. The minimum atomic E-state index is -0.927. The Morgan fingerprint density at radius 3 is 1.61 bits per heavy atom. The molecule has 3 fully saturated rings. The van der Waals surface area contributed by atoms with Crippen LogP contribution >= 0.6 is 0 Å². The molecule has 10 nitrogen and oxygen atoms in total. The normalized spacial score (nSPS) is 16.4. The number of hydrogen-bond donors (Lipinski definition) is 3. The van der Waals surface area contributed by atoms with Crippen molar-refractivity contribution in [3.63, 3.8) is 0 Å². The Kier molecular flexibility index (Phi) is 13.4. The molecular formula is C51H60N8O2. The molecule has 4 heterocycles. The second-order valence-corrected chi connectivity index (χ2v) is 17.2. The average molecular weight is 817 g/mol. The van der Waals surface area contributed by atoms with Crippen LogP contribution in [0.15, 0.2) is 103 Å². The van der Waals surface area contributed by atoms with Gasteiger partial charge in [0.2, 0.25) is 0 Å². The predicted molar refractivity (Wildman–Crippen MR) is 248 cm³/mol. The fourth-order valence-electron chi connectivity index (χ4n) is 9.49. The Hall–Kier alpha value is -6.03. The highest BCUT2D eigenvalue weighted by Crippen LogP contribution is 2.37. The Morgan fingerprint density at radius 1 is 0.607 bits per heavy atom. The van der Waals surface area contributed by atoms with Crippen molar-refractivity contribution in [1.82, 2.24) is 29.1 Å². The number of rotatable bonds is 7. The van der Waals surface area contributed by atoms with Crippen LogP contribution in [-0.4, -0.2) is 46.2 Å². The first-order valence-corrected chi connectivity index (χ1v) is 22.5. The smallest absolute Gasteiger partial charge is 0.335 e. The van der Waals surface area contributed by atoms with E-state index in [4.69, 9.17) is 15.7 Å². The zero-order valence-corrected chi connectivity index (χ0v) is 35.8. The van der Waals surface area contributed by atoms with Gasteiger partial charge in [-0.05, 0) is 130 Å². The van der Waals surface area contributed by atoms with Gasteiger partial charge in [0.25, 0.3) is 0 Å². The standard InChI is InChI=1S/C19H19N3O2.C19H21N3.C13H20N2/c23-19(24)13-9-10-17-16(12-13)21-18(15-8-4-5-11-20-15)22(17)14-6-2-1-3-7-14;1-14-10-11-18-17(13-14)21-19(16-9-5-6-12-20-16)22(18)15-7-3-2-4-8-15;1-10-7-8-13(12(14)9-10)15-11-5-3-2-4-6-11/h4-5,8-12,14H,1-3,6-7H2,(H,23,24);5-6,9-13,15H,2-4,7-8H2,1H3;7-9,11,15H,2-6,14H2,1H3. The van der Waals surface area contributed by atoms with Crippen molar-refractivity contribution < 1.29 is 9.90 Å². The zero-order chi connectivity index (χ0) is 42.1. The van der Waals surface area contributed by atoms with E-state index in [2.05, 4.69) is 74.7 Å². The molecule has 0 saturated heterocycles. The summed E-state index contributed by atoms with van der Waals surface area (Å²) in [6.07, 6.45) is 22.8. The lowest BCUT2D eigenvalue weighted by atomic mass is 9.95. The number of imidazole rings is 2. The van der Waals surface area contributed by atoms with Gasteiger partial charge in [-0.15, -0.1) is 0 Å². The van der Waals surface area contributed by atoms with Gasteiger partial charge in [0, 0.05) is 30.5 Å². The number of aromatic nitrogens is 6. The van der Waals surface area contributed by atoms with Crippen LogP contribution in [0.3, 0.4) is 0 Å². The van der Waals surface area contributed by atoms with E-state index < -0.39 is 5.97 Å². The number of carboxylic acids is 1. The number of aromatic carboxylic acids is 1.